The van der Waals surface area contributed by atoms with Crippen LogP contribution in [0.4, 0.5) is 0 Å². The molecular weight excluding hydrogens is 180 g/mol. The summed E-state index contributed by atoms with van der Waals surface area (Å²) < 4.78 is 9.68. The van der Waals surface area contributed by atoms with E-state index in [0.717, 1.165) is 5.56 Å². The molecule has 0 saturated carbocycles. The number of hydrogen-bond acceptors (Lipinski definition) is 3. The van der Waals surface area contributed by atoms with Crippen LogP contribution in [-0.4, -0.2) is 13.6 Å². The summed E-state index contributed by atoms with van der Waals surface area (Å²) in [6.07, 6.45) is 0. The van der Waals surface area contributed by atoms with E-state index in [2.05, 4.69) is 4.74 Å². The number of carbonyl (C=O) groups excluding carboxylic acids is 1. The van der Waals surface area contributed by atoms with Crippen LogP contribution in [0.3, 0.4) is 0 Å². The van der Waals surface area contributed by atoms with E-state index >= 15 is 0 Å². The van der Waals surface area contributed by atoms with E-state index in [4.69, 9.17) is 4.74 Å². The lowest BCUT2D eigenvalue weighted by atomic mass is 10.2. The molecule has 0 saturated heterocycles. The van der Waals surface area contributed by atoms with Crippen LogP contribution in [0.2, 0.25) is 0 Å². The molecule has 0 fully saturated rings. The largest absolute Gasteiger partial charge is 0.496 e. The molecule has 0 aliphatic carbocycles. The molecule has 0 aliphatic heterocycles. The molecule has 1 rings (SSSR count). The second kappa shape index (κ2) is 6.95. The van der Waals surface area contributed by atoms with Crippen molar-refractivity contribution in [3.63, 3.8) is 0 Å². The fourth-order valence-corrected chi connectivity index (χ4v) is 0.929. The number of rotatable bonds is 3. The Hall–Kier alpha value is -1.51. The molecule has 0 heterocycles. The fraction of sp³-hybridized carbons (Fsp3) is 0.364. The third kappa shape index (κ3) is 3.47. The van der Waals surface area contributed by atoms with Gasteiger partial charge >= 0.3 is 0 Å². The monoisotopic (exact) mass is 196 g/mol. The third-order valence-electron chi connectivity index (χ3n) is 1.56. The normalized spacial score (nSPS) is 8.29. The summed E-state index contributed by atoms with van der Waals surface area (Å²) in [5, 5.41) is 0. The zero-order valence-electron chi connectivity index (χ0n) is 9.03. The van der Waals surface area contributed by atoms with Crippen molar-refractivity contribution in [2.75, 3.05) is 7.11 Å². The summed E-state index contributed by atoms with van der Waals surface area (Å²) in [5.41, 5.74) is 1.01. The number of benzene rings is 1. The molecule has 0 spiro atoms. The highest BCUT2D eigenvalue weighted by molar-refractivity contribution is 5.48. The van der Waals surface area contributed by atoms with Gasteiger partial charge in [0.2, 0.25) is 0 Å². The van der Waals surface area contributed by atoms with Crippen LogP contribution < -0.4 is 9.47 Å². The van der Waals surface area contributed by atoms with Gasteiger partial charge in [-0.2, -0.15) is 0 Å². The van der Waals surface area contributed by atoms with Crippen LogP contribution in [0.25, 0.3) is 0 Å². The Balaban J connectivity index is 0.000000791. The minimum atomic E-state index is 0.393. The summed E-state index contributed by atoms with van der Waals surface area (Å²) in [5.74, 6) is 1.21. The number of aryl methyl sites for hydroxylation is 1. The lowest BCUT2D eigenvalue weighted by Gasteiger charge is -2.05. The lowest BCUT2D eigenvalue weighted by Crippen LogP contribution is -1.91. The highest BCUT2D eigenvalue weighted by Crippen LogP contribution is 2.23. The van der Waals surface area contributed by atoms with Crippen molar-refractivity contribution in [3.05, 3.63) is 23.8 Å². The van der Waals surface area contributed by atoms with E-state index in [9.17, 15) is 4.79 Å². The van der Waals surface area contributed by atoms with Crippen molar-refractivity contribution in [2.45, 2.75) is 20.8 Å². The van der Waals surface area contributed by atoms with E-state index in [0.29, 0.717) is 18.0 Å². The average molecular weight is 196 g/mol. The van der Waals surface area contributed by atoms with Gasteiger partial charge in [0.1, 0.15) is 11.5 Å². The van der Waals surface area contributed by atoms with Crippen molar-refractivity contribution in [3.8, 4) is 11.5 Å². The quantitative estimate of drug-likeness (QED) is 0.697. The Bertz CT molecular complexity index is 282. The maximum Gasteiger partial charge on any atom is 0.298 e. The maximum atomic E-state index is 10.00. The van der Waals surface area contributed by atoms with Crippen molar-refractivity contribution in [2.24, 2.45) is 0 Å². The molecule has 0 aliphatic rings. The van der Waals surface area contributed by atoms with Gasteiger partial charge < -0.3 is 9.47 Å². The Morgan fingerprint density at radius 1 is 1.29 bits per heavy atom. The van der Waals surface area contributed by atoms with Crippen molar-refractivity contribution >= 4 is 6.47 Å². The molecule has 0 aromatic heterocycles. The van der Waals surface area contributed by atoms with Crippen LogP contribution in [0.1, 0.15) is 19.4 Å². The van der Waals surface area contributed by atoms with Crippen LogP contribution in [0, 0.1) is 6.92 Å². The number of hydrogen-bond donors (Lipinski definition) is 0. The Kier molecular flexibility index (Phi) is 6.20. The Labute approximate surface area is 84.7 Å². The topological polar surface area (TPSA) is 35.5 Å². The van der Waals surface area contributed by atoms with Crippen LogP contribution in [0.5, 0.6) is 11.5 Å². The second-order valence-corrected chi connectivity index (χ2v) is 2.35. The zero-order chi connectivity index (χ0) is 11.0. The Morgan fingerprint density at radius 3 is 2.43 bits per heavy atom. The molecule has 0 radical (unpaired) electrons. The van der Waals surface area contributed by atoms with E-state index < -0.39 is 0 Å². The molecule has 0 atom stereocenters. The summed E-state index contributed by atoms with van der Waals surface area (Å²) in [6.45, 7) is 6.31. The lowest BCUT2D eigenvalue weighted by molar-refractivity contribution is -0.120. The Morgan fingerprint density at radius 2 is 1.93 bits per heavy atom. The third-order valence-corrected chi connectivity index (χ3v) is 1.56. The summed E-state index contributed by atoms with van der Waals surface area (Å²) in [7, 11) is 1.58. The van der Waals surface area contributed by atoms with Crippen molar-refractivity contribution in [1.82, 2.24) is 0 Å². The van der Waals surface area contributed by atoms with E-state index in [1.54, 1.807) is 19.2 Å². The van der Waals surface area contributed by atoms with Gasteiger partial charge in [0.25, 0.3) is 6.47 Å². The number of ether oxygens (including phenoxy) is 2. The van der Waals surface area contributed by atoms with Crippen LogP contribution in [-0.2, 0) is 4.79 Å². The minimum absolute atomic E-state index is 0.393. The molecule has 0 bridgehead atoms. The molecule has 14 heavy (non-hydrogen) atoms. The first-order chi connectivity index (χ1) is 6.77. The van der Waals surface area contributed by atoms with Crippen molar-refractivity contribution < 1.29 is 14.3 Å². The second-order valence-electron chi connectivity index (χ2n) is 2.35. The zero-order valence-corrected chi connectivity index (χ0v) is 9.03. The fourth-order valence-electron chi connectivity index (χ4n) is 0.929. The van der Waals surface area contributed by atoms with E-state index in [1.807, 2.05) is 26.8 Å². The van der Waals surface area contributed by atoms with E-state index in [-0.39, 0.29) is 0 Å². The standard InChI is InChI=1S/C9H10O3.C2H6/c1-7-3-4-8(12-6-10)5-9(7)11-2;1-2/h3-6H,1-2H3;1-2H3. The summed E-state index contributed by atoms with van der Waals surface area (Å²) in [4.78, 5) is 10.00. The van der Waals surface area contributed by atoms with Gasteiger partial charge in [-0.15, -0.1) is 0 Å². The predicted octanol–water partition coefficient (Wildman–Crippen LogP) is 2.57. The van der Waals surface area contributed by atoms with Crippen LogP contribution in [0.15, 0.2) is 18.2 Å². The van der Waals surface area contributed by atoms with Gasteiger partial charge in [0.15, 0.2) is 0 Å². The molecule has 0 amide bonds. The summed E-state index contributed by atoms with van der Waals surface area (Å²) >= 11 is 0. The molecule has 3 heteroatoms. The maximum absolute atomic E-state index is 10.00. The molecule has 0 unspecified atom stereocenters. The van der Waals surface area contributed by atoms with Gasteiger partial charge in [-0.05, 0) is 18.6 Å². The molecule has 1 aromatic rings. The van der Waals surface area contributed by atoms with Crippen molar-refractivity contribution in [1.29, 1.82) is 0 Å². The highest BCUT2D eigenvalue weighted by Gasteiger charge is 1.99. The SMILES string of the molecule is CC.COc1cc(OC=O)ccc1C. The predicted molar refractivity (Wildman–Crippen MR) is 55.8 cm³/mol. The number of carbonyl (C=O) groups is 1. The minimum Gasteiger partial charge on any atom is -0.496 e. The van der Waals surface area contributed by atoms with Crippen LogP contribution >= 0.6 is 0 Å². The highest BCUT2D eigenvalue weighted by atomic mass is 16.5. The van der Waals surface area contributed by atoms with E-state index in [1.165, 1.54) is 0 Å². The molecular formula is C11H16O3. The van der Waals surface area contributed by atoms with Gasteiger partial charge in [-0.25, -0.2) is 0 Å². The number of methoxy groups -OCH3 is 1. The van der Waals surface area contributed by atoms with Gasteiger partial charge in [0, 0.05) is 6.07 Å². The molecule has 1 aromatic carbocycles. The molecule has 78 valence electrons. The summed E-state index contributed by atoms with van der Waals surface area (Å²) in [6, 6.07) is 5.22. The van der Waals surface area contributed by atoms with Gasteiger partial charge in [0.05, 0.1) is 7.11 Å². The van der Waals surface area contributed by atoms with Gasteiger partial charge in [-0.3, -0.25) is 4.79 Å². The first-order valence-electron chi connectivity index (χ1n) is 4.53. The van der Waals surface area contributed by atoms with Gasteiger partial charge in [-0.1, -0.05) is 19.9 Å². The molecule has 3 nitrogen and oxygen atoms in total. The first kappa shape index (κ1) is 12.5. The first-order valence-corrected chi connectivity index (χ1v) is 4.53. The molecule has 0 N–H and O–H groups in total. The average Bonchev–Trinajstić information content (AvgIpc) is 2.24. The smallest absolute Gasteiger partial charge is 0.298 e.